The first-order valence-electron chi connectivity index (χ1n) is 3.90. The van der Waals surface area contributed by atoms with Gasteiger partial charge in [-0.25, -0.2) is 0 Å². The lowest BCUT2D eigenvalue weighted by Crippen LogP contribution is -2.12. The first-order valence-corrected chi connectivity index (χ1v) is 4.28. The van der Waals surface area contributed by atoms with Gasteiger partial charge in [0.2, 0.25) is 0 Å². The Labute approximate surface area is 89.6 Å². The van der Waals surface area contributed by atoms with E-state index >= 15 is 0 Å². The Morgan fingerprint density at radius 2 is 2.27 bits per heavy atom. The molecular weight excluding hydrogens is 224 g/mol. The van der Waals surface area contributed by atoms with Crippen LogP contribution >= 0.6 is 11.6 Å². The van der Waals surface area contributed by atoms with Gasteiger partial charge in [0.1, 0.15) is 11.6 Å². The van der Waals surface area contributed by atoms with E-state index in [4.69, 9.17) is 16.7 Å². The van der Waals surface area contributed by atoms with Gasteiger partial charge in [0.25, 0.3) is 5.69 Å². The zero-order valence-electron chi connectivity index (χ0n) is 7.44. The largest absolute Gasteiger partial charge is 0.480 e. The predicted octanol–water partition coefficient (Wildman–Crippen LogP) is 1.74. The number of halogens is 1. The lowest BCUT2D eigenvalue weighted by Gasteiger charge is -2.03. The summed E-state index contributed by atoms with van der Waals surface area (Å²) in [6.07, 6.45) is 0. The van der Waals surface area contributed by atoms with Gasteiger partial charge in [0.15, 0.2) is 0 Å². The summed E-state index contributed by atoms with van der Waals surface area (Å²) in [4.78, 5) is 20.1. The monoisotopic (exact) mass is 230 g/mol. The van der Waals surface area contributed by atoms with E-state index in [-0.39, 0.29) is 17.3 Å². The Bertz CT molecular complexity index is 408. The Morgan fingerprint density at radius 3 is 2.80 bits per heavy atom. The number of aliphatic carboxylic acids is 1. The summed E-state index contributed by atoms with van der Waals surface area (Å²) >= 11 is 5.57. The number of carbonyl (C=O) groups is 1. The number of nitrogens with zero attached hydrogens (tertiary/aromatic N) is 1. The van der Waals surface area contributed by atoms with Crippen LogP contribution < -0.4 is 5.32 Å². The molecule has 0 unspecified atom stereocenters. The summed E-state index contributed by atoms with van der Waals surface area (Å²) in [7, 11) is 0. The van der Waals surface area contributed by atoms with E-state index < -0.39 is 10.9 Å². The van der Waals surface area contributed by atoms with E-state index in [1.807, 2.05) is 0 Å². The van der Waals surface area contributed by atoms with Crippen molar-refractivity contribution in [3.8, 4) is 0 Å². The molecule has 0 aliphatic heterocycles. The summed E-state index contributed by atoms with van der Waals surface area (Å²) in [5.74, 6) is -1.05. The van der Waals surface area contributed by atoms with E-state index in [1.54, 1.807) is 0 Å². The van der Waals surface area contributed by atoms with Crippen molar-refractivity contribution in [3.05, 3.63) is 33.3 Å². The van der Waals surface area contributed by atoms with Gasteiger partial charge in [-0.3, -0.25) is 14.9 Å². The Balaban J connectivity index is 2.87. The van der Waals surface area contributed by atoms with Crippen LogP contribution in [0.1, 0.15) is 0 Å². The summed E-state index contributed by atoms with van der Waals surface area (Å²) in [6, 6.07) is 3.99. The third-order valence-corrected chi connectivity index (χ3v) is 1.91. The van der Waals surface area contributed by atoms with Crippen molar-refractivity contribution in [2.45, 2.75) is 0 Å². The van der Waals surface area contributed by atoms with E-state index in [0.717, 1.165) is 0 Å². The molecule has 0 saturated carbocycles. The lowest BCUT2D eigenvalue weighted by molar-refractivity contribution is -0.384. The summed E-state index contributed by atoms with van der Waals surface area (Å²) in [5, 5.41) is 21.4. The molecule has 7 heteroatoms. The van der Waals surface area contributed by atoms with Gasteiger partial charge in [0.05, 0.1) is 4.92 Å². The predicted molar refractivity (Wildman–Crippen MR) is 54.2 cm³/mol. The van der Waals surface area contributed by atoms with Crippen LogP contribution in [-0.2, 0) is 4.79 Å². The van der Waals surface area contributed by atoms with Gasteiger partial charge in [0, 0.05) is 11.8 Å². The topological polar surface area (TPSA) is 92.5 Å². The summed E-state index contributed by atoms with van der Waals surface area (Å²) in [5.41, 5.74) is 0.0838. The average molecular weight is 231 g/mol. The van der Waals surface area contributed by atoms with Crippen LogP contribution in [-0.4, -0.2) is 22.5 Å². The molecule has 0 saturated heterocycles. The molecule has 6 nitrogen and oxygen atoms in total. The molecule has 1 rings (SSSR count). The highest BCUT2D eigenvalue weighted by atomic mass is 35.5. The second-order valence-electron chi connectivity index (χ2n) is 2.67. The molecule has 0 aromatic heterocycles. The first-order chi connectivity index (χ1) is 7.00. The standard InChI is InChI=1S/C8H7ClN2O4/c9-6-2-1-5(10-4-8(12)13)3-7(6)11(14)15/h1-3,10H,4H2,(H,12,13). The molecule has 0 spiro atoms. The van der Waals surface area contributed by atoms with Crippen molar-refractivity contribution >= 4 is 28.9 Å². The Kier molecular flexibility index (Phi) is 3.46. The molecule has 0 aliphatic rings. The number of hydrogen-bond donors (Lipinski definition) is 2. The third kappa shape index (κ3) is 3.10. The number of benzene rings is 1. The molecule has 0 bridgehead atoms. The van der Waals surface area contributed by atoms with Crippen molar-refractivity contribution < 1.29 is 14.8 Å². The quantitative estimate of drug-likeness (QED) is 0.607. The van der Waals surface area contributed by atoms with Crippen molar-refractivity contribution in [3.63, 3.8) is 0 Å². The van der Waals surface area contributed by atoms with Crippen molar-refractivity contribution in [1.29, 1.82) is 0 Å². The van der Waals surface area contributed by atoms with Gasteiger partial charge < -0.3 is 10.4 Å². The van der Waals surface area contributed by atoms with Crippen LogP contribution in [0, 0.1) is 10.1 Å². The van der Waals surface area contributed by atoms with E-state index in [1.165, 1.54) is 18.2 Å². The molecule has 0 heterocycles. The third-order valence-electron chi connectivity index (χ3n) is 1.59. The average Bonchev–Trinajstić information content (AvgIpc) is 2.16. The Morgan fingerprint density at radius 1 is 1.60 bits per heavy atom. The van der Waals surface area contributed by atoms with Crippen molar-refractivity contribution in [1.82, 2.24) is 0 Å². The zero-order chi connectivity index (χ0) is 11.4. The number of carboxylic acids is 1. The van der Waals surface area contributed by atoms with Crippen molar-refractivity contribution in [2.24, 2.45) is 0 Å². The van der Waals surface area contributed by atoms with Crippen molar-refractivity contribution in [2.75, 3.05) is 11.9 Å². The molecule has 0 amide bonds. The van der Waals surface area contributed by atoms with Gasteiger partial charge in [-0.2, -0.15) is 0 Å². The molecule has 15 heavy (non-hydrogen) atoms. The summed E-state index contributed by atoms with van der Waals surface area (Å²) < 4.78 is 0. The molecule has 1 aromatic rings. The summed E-state index contributed by atoms with van der Waals surface area (Å²) in [6.45, 7) is -0.307. The number of anilines is 1. The maximum Gasteiger partial charge on any atom is 0.322 e. The molecule has 80 valence electrons. The van der Waals surface area contributed by atoms with Crippen LogP contribution in [0.25, 0.3) is 0 Å². The van der Waals surface area contributed by atoms with Gasteiger partial charge in [-0.05, 0) is 12.1 Å². The molecule has 0 fully saturated rings. The second kappa shape index (κ2) is 4.61. The van der Waals surface area contributed by atoms with Crippen LogP contribution in [0.4, 0.5) is 11.4 Å². The number of hydrogen-bond acceptors (Lipinski definition) is 4. The Hall–Kier alpha value is -1.82. The maximum absolute atomic E-state index is 10.5. The maximum atomic E-state index is 10.5. The number of nitro groups is 1. The number of carboxylic acid groups (broad SMARTS) is 1. The van der Waals surface area contributed by atoms with E-state index in [9.17, 15) is 14.9 Å². The smallest absolute Gasteiger partial charge is 0.322 e. The van der Waals surface area contributed by atoms with Gasteiger partial charge >= 0.3 is 5.97 Å². The van der Waals surface area contributed by atoms with Crippen LogP contribution in [0.3, 0.4) is 0 Å². The molecule has 1 aromatic carbocycles. The second-order valence-corrected chi connectivity index (χ2v) is 3.08. The van der Waals surface area contributed by atoms with Crippen LogP contribution in [0.15, 0.2) is 18.2 Å². The number of rotatable bonds is 4. The highest BCUT2D eigenvalue weighted by molar-refractivity contribution is 6.32. The lowest BCUT2D eigenvalue weighted by atomic mass is 10.3. The zero-order valence-corrected chi connectivity index (χ0v) is 8.19. The normalized spacial score (nSPS) is 9.67. The van der Waals surface area contributed by atoms with E-state index in [2.05, 4.69) is 5.32 Å². The van der Waals surface area contributed by atoms with Gasteiger partial charge in [-0.15, -0.1) is 0 Å². The first kappa shape index (κ1) is 11.3. The minimum absolute atomic E-state index is 0.0147. The molecular formula is C8H7ClN2O4. The van der Waals surface area contributed by atoms with E-state index in [0.29, 0.717) is 5.69 Å². The highest BCUT2D eigenvalue weighted by Crippen LogP contribution is 2.27. The SMILES string of the molecule is O=C(O)CNc1ccc(Cl)c([N+](=O)[O-])c1. The molecule has 0 radical (unpaired) electrons. The van der Waals surface area contributed by atoms with Crippen LogP contribution in [0.5, 0.6) is 0 Å². The van der Waals surface area contributed by atoms with Crippen LogP contribution in [0.2, 0.25) is 5.02 Å². The fourth-order valence-electron chi connectivity index (χ4n) is 0.940. The van der Waals surface area contributed by atoms with Gasteiger partial charge in [-0.1, -0.05) is 11.6 Å². The molecule has 0 atom stereocenters. The number of nitro benzene ring substituents is 1. The minimum atomic E-state index is -1.05. The molecule has 2 N–H and O–H groups in total. The fraction of sp³-hybridized carbons (Fsp3) is 0.125. The molecule has 0 aliphatic carbocycles. The highest BCUT2D eigenvalue weighted by Gasteiger charge is 2.12. The minimum Gasteiger partial charge on any atom is -0.480 e. The number of nitrogens with one attached hydrogen (secondary N) is 1. The fourth-order valence-corrected chi connectivity index (χ4v) is 1.13.